The molecule has 2 aromatic rings. The Balaban J connectivity index is 1.90. The van der Waals surface area contributed by atoms with E-state index in [4.69, 9.17) is 10.2 Å². The van der Waals surface area contributed by atoms with E-state index in [9.17, 15) is 9.59 Å². The summed E-state index contributed by atoms with van der Waals surface area (Å²) in [6, 6.07) is 10.8. The van der Waals surface area contributed by atoms with E-state index in [-0.39, 0.29) is 18.9 Å². The lowest BCUT2D eigenvalue weighted by Gasteiger charge is -2.08. The Hall–Kier alpha value is -2.60. The molecule has 6 heteroatoms. The fourth-order valence-corrected chi connectivity index (χ4v) is 1.84. The normalized spacial score (nSPS) is 11.9. The Morgan fingerprint density at radius 2 is 1.76 bits per heavy atom. The van der Waals surface area contributed by atoms with Gasteiger partial charge in [0.25, 0.3) is 5.91 Å². The van der Waals surface area contributed by atoms with Crippen molar-refractivity contribution in [2.75, 3.05) is 6.54 Å². The van der Waals surface area contributed by atoms with Crippen molar-refractivity contribution in [1.82, 2.24) is 9.88 Å². The minimum Gasteiger partial charge on any atom is -0.479 e. The molecular weight excluding hydrogens is 272 g/mol. The molecule has 0 radical (unpaired) electrons. The van der Waals surface area contributed by atoms with Crippen LogP contribution in [0, 0.1) is 0 Å². The number of aromatic nitrogens is 1. The maximum absolute atomic E-state index is 11.8. The number of hydrogen-bond donors (Lipinski definition) is 3. The monoisotopic (exact) mass is 288 g/mol. The summed E-state index contributed by atoms with van der Waals surface area (Å²) in [5.41, 5.74) is 1.42. The Kier molecular flexibility index (Phi) is 4.73. The lowest BCUT2D eigenvalue weighted by molar-refractivity contribution is -0.146. The van der Waals surface area contributed by atoms with Crippen LogP contribution in [0.4, 0.5) is 0 Å². The molecule has 2 rings (SSSR count). The van der Waals surface area contributed by atoms with Crippen LogP contribution in [0.25, 0.3) is 5.69 Å². The van der Waals surface area contributed by atoms with Gasteiger partial charge in [0, 0.05) is 36.6 Å². The van der Waals surface area contributed by atoms with Gasteiger partial charge in [-0.15, -0.1) is 0 Å². The Bertz CT molecular complexity index is 605. The average Bonchev–Trinajstić information content (AvgIpc) is 3.01. The average molecular weight is 288 g/mol. The third kappa shape index (κ3) is 3.93. The Morgan fingerprint density at radius 3 is 2.33 bits per heavy atom. The zero-order chi connectivity index (χ0) is 15.2. The number of hydrogen-bond acceptors (Lipinski definition) is 3. The van der Waals surface area contributed by atoms with Gasteiger partial charge in [-0.25, -0.2) is 4.79 Å². The predicted octanol–water partition coefficient (Wildman–Crippen LogP) is 1.04. The van der Waals surface area contributed by atoms with Crippen LogP contribution in [-0.4, -0.2) is 39.3 Å². The SMILES string of the molecule is O=C(NCC[C@H](O)C(=O)O)c1ccc(-n2cccc2)cc1. The van der Waals surface area contributed by atoms with Crippen LogP contribution in [0.3, 0.4) is 0 Å². The van der Waals surface area contributed by atoms with Crippen molar-refractivity contribution in [1.29, 1.82) is 0 Å². The van der Waals surface area contributed by atoms with Gasteiger partial charge < -0.3 is 20.1 Å². The van der Waals surface area contributed by atoms with E-state index in [0.717, 1.165) is 5.69 Å². The number of carbonyl (C=O) groups is 2. The van der Waals surface area contributed by atoms with E-state index >= 15 is 0 Å². The van der Waals surface area contributed by atoms with E-state index < -0.39 is 12.1 Å². The molecule has 0 bridgehead atoms. The highest BCUT2D eigenvalue weighted by Gasteiger charge is 2.13. The second-order valence-corrected chi connectivity index (χ2v) is 4.54. The zero-order valence-corrected chi connectivity index (χ0v) is 11.3. The molecule has 0 unspecified atom stereocenters. The number of aliphatic carboxylic acids is 1. The maximum atomic E-state index is 11.8. The number of amides is 1. The second-order valence-electron chi connectivity index (χ2n) is 4.54. The first-order valence-electron chi connectivity index (χ1n) is 6.50. The number of rotatable bonds is 6. The van der Waals surface area contributed by atoms with E-state index in [2.05, 4.69) is 5.32 Å². The molecule has 3 N–H and O–H groups in total. The largest absolute Gasteiger partial charge is 0.479 e. The summed E-state index contributed by atoms with van der Waals surface area (Å²) in [5.74, 6) is -1.59. The van der Waals surface area contributed by atoms with Crippen LogP contribution in [0.1, 0.15) is 16.8 Å². The minimum absolute atomic E-state index is 0.0253. The lowest BCUT2D eigenvalue weighted by Crippen LogP contribution is -2.30. The molecule has 0 saturated heterocycles. The molecule has 0 aliphatic heterocycles. The molecular formula is C15H16N2O4. The van der Waals surface area contributed by atoms with E-state index in [0.29, 0.717) is 5.56 Å². The molecule has 21 heavy (non-hydrogen) atoms. The number of nitrogens with one attached hydrogen (secondary N) is 1. The van der Waals surface area contributed by atoms with Gasteiger partial charge in [0.15, 0.2) is 6.10 Å². The maximum Gasteiger partial charge on any atom is 0.332 e. The van der Waals surface area contributed by atoms with Gasteiger partial charge in [-0.2, -0.15) is 0 Å². The van der Waals surface area contributed by atoms with Crippen molar-refractivity contribution >= 4 is 11.9 Å². The van der Waals surface area contributed by atoms with Crippen molar-refractivity contribution in [2.24, 2.45) is 0 Å². The van der Waals surface area contributed by atoms with Crippen LogP contribution >= 0.6 is 0 Å². The molecule has 1 amide bonds. The Labute approximate surface area is 121 Å². The number of nitrogens with zero attached hydrogens (tertiary/aromatic N) is 1. The van der Waals surface area contributed by atoms with Gasteiger partial charge in [0.05, 0.1) is 0 Å². The van der Waals surface area contributed by atoms with E-state index in [1.165, 1.54) is 0 Å². The topological polar surface area (TPSA) is 91.6 Å². The fraction of sp³-hybridized carbons (Fsp3) is 0.200. The number of aliphatic hydroxyl groups excluding tert-OH is 1. The van der Waals surface area contributed by atoms with Crippen molar-refractivity contribution in [3.05, 3.63) is 54.4 Å². The first-order chi connectivity index (χ1) is 10.1. The van der Waals surface area contributed by atoms with Crippen LogP contribution in [0.2, 0.25) is 0 Å². The van der Waals surface area contributed by atoms with Crippen molar-refractivity contribution in [2.45, 2.75) is 12.5 Å². The third-order valence-corrected chi connectivity index (χ3v) is 3.02. The molecule has 0 saturated carbocycles. The van der Waals surface area contributed by atoms with Crippen LogP contribution < -0.4 is 5.32 Å². The van der Waals surface area contributed by atoms with Gasteiger partial charge in [0.2, 0.25) is 0 Å². The second kappa shape index (κ2) is 6.71. The fourth-order valence-electron chi connectivity index (χ4n) is 1.84. The summed E-state index contributed by atoms with van der Waals surface area (Å²) in [7, 11) is 0. The number of carboxylic acids is 1. The predicted molar refractivity (Wildman–Crippen MR) is 76.4 cm³/mol. The highest BCUT2D eigenvalue weighted by Crippen LogP contribution is 2.10. The summed E-state index contributed by atoms with van der Waals surface area (Å²) in [6.45, 7) is 0.103. The third-order valence-electron chi connectivity index (χ3n) is 3.02. The van der Waals surface area contributed by atoms with Crippen molar-refractivity contribution < 1.29 is 19.8 Å². The Morgan fingerprint density at radius 1 is 1.14 bits per heavy atom. The van der Waals surface area contributed by atoms with E-state index in [1.807, 2.05) is 41.2 Å². The lowest BCUT2D eigenvalue weighted by atomic mass is 10.2. The molecule has 0 aliphatic carbocycles. The first-order valence-corrected chi connectivity index (χ1v) is 6.50. The van der Waals surface area contributed by atoms with Crippen molar-refractivity contribution in [3.8, 4) is 5.69 Å². The van der Waals surface area contributed by atoms with Gasteiger partial charge in [-0.3, -0.25) is 4.79 Å². The first kappa shape index (κ1) is 14.8. The summed E-state index contributed by atoms with van der Waals surface area (Å²) in [4.78, 5) is 22.3. The van der Waals surface area contributed by atoms with Crippen LogP contribution in [0.5, 0.6) is 0 Å². The summed E-state index contributed by atoms with van der Waals surface area (Å²) in [5, 5.41) is 20.2. The molecule has 0 aliphatic rings. The molecule has 110 valence electrons. The van der Waals surface area contributed by atoms with Crippen molar-refractivity contribution in [3.63, 3.8) is 0 Å². The number of benzene rings is 1. The van der Waals surface area contributed by atoms with Crippen LogP contribution in [-0.2, 0) is 4.79 Å². The smallest absolute Gasteiger partial charge is 0.332 e. The standard InChI is InChI=1S/C15H16N2O4/c18-13(15(20)21)7-8-16-14(19)11-3-5-12(6-4-11)17-9-1-2-10-17/h1-6,9-10,13,18H,7-8H2,(H,16,19)(H,20,21)/t13-/m0/s1. The molecule has 1 atom stereocenters. The molecule has 0 fully saturated rings. The summed E-state index contributed by atoms with van der Waals surface area (Å²) < 4.78 is 1.92. The highest BCUT2D eigenvalue weighted by atomic mass is 16.4. The highest BCUT2D eigenvalue weighted by molar-refractivity contribution is 5.94. The summed E-state index contributed by atoms with van der Waals surface area (Å²) >= 11 is 0. The quantitative estimate of drug-likeness (QED) is 0.740. The molecule has 1 aromatic carbocycles. The minimum atomic E-state index is -1.46. The molecule has 1 aromatic heterocycles. The van der Waals surface area contributed by atoms with Gasteiger partial charge >= 0.3 is 5.97 Å². The van der Waals surface area contributed by atoms with Gasteiger partial charge in [0.1, 0.15) is 0 Å². The van der Waals surface area contributed by atoms with Crippen LogP contribution in [0.15, 0.2) is 48.8 Å². The molecule has 0 spiro atoms. The number of carboxylic acid groups (broad SMARTS) is 1. The molecule has 6 nitrogen and oxygen atoms in total. The zero-order valence-electron chi connectivity index (χ0n) is 11.3. The van der Waals surface area contributed by atoms with Gasteiger partial charge in [-0.05, 0) is 36.4 Å². The van der Waals surface area contributed by atoms with E-state index in [1.54, 1.807) is 12.1 Å². The summed E-state index contributed by atoms with van der Waals surface area (Å²) in [6.07, 6.45) is 2.33. The number of carbonyl (C=O) groups excluding carboxylic acids is 1. The van der Waals surface area contributed by atoms with Gasteiger partial charge in [-0.1, -0.05) is 0 Å². The number of aliphatic hydroxyl groups is 1. The molecule has 1 heterocycles.